The molecule has 1 heterocycles. The zero-order valence-corrected chi connectivity index (χ0v) is 12.6. The molecule has 0 radical (unpaired) electrons. The van der Waals surface area contributed by atoms with Crippen molar-refractivity contribution in [2.75, 3.05) is 0 Å². The molecular formula is C19H13F3O2. The van der Waals surface area contributed by atoms with Crippen LogP contribution >= 0.6 is 0 Å². The van der Waals surface area contributed by atoms with Crippen LogP contribution in [0, 0.1) is 0 Å². The molecule has 4 rings (SSSR count). The lowest BCUT2D eigenvalue weighted by molar-refractivity contribution is -0.137. The second-order valence-electron chi connectivity index (χ2n) is 5.98. The predicted molar refractivity (Wildman–Crippen MR) is 83.6 cm³/mol. The number of benzene rings is 2. The molecular weight excluding hydrogens is 317 g/mol. The lowest BCUT2D eigenvalue weighted by atomic mass is 9.83. The molecule has 0 N–H and O–H groups in total. The Bertz CT molecular complexity index is 878. The van der Waals surface area contributed by atoms with E-state index in [-0.39, 0.29) is 18.0 Å². The summed E-state index contributed by atoms with van der Waals surface area (Å²) < 4.78 is 44.9. The van der Waals surface area contributed by atoms with E-state index in [4.69, 9.17) is 4.74 Å². The number of ether oxygens (including phenoxy) is 1. The molecule has 0 atom stereocenters. The highest BCUT2D eigenvalue weighted by Gasteiger charge is 2.33. The normalized spacial score (nSPS) is 16.7. The van der Waals surface area contributed by atoms with E-state index in [9.17, 15) is 18.0 Å². The number of para-hydroxylation sites is 1. The molecule has 2 aliphatic rings. The van der Waals surface area contributed by atoms with Crippen LogP contribution in [0.2, 0.25) is 0 Å². The van der Waals surface area contributed by atoms with Crippen molar-refractivity contribution >= 4 is 16.9 Å². The highest BCUT2D eigenvalue weighted by Crippen LogP contribution is 2.48. The quantitative estimate of drug-likeness (QED) is 0.640. The monoisotopic (exact) mass is 330 g/mol. The van der Waals surface area contributed by atoms with Crippen molar-refractivity contribution in [3.63, 3.8) is 0 Å². The van der Waals surface area contributed by atoms with Crippen LogP contribution in [-0.2, 0) is 11.0 Å². The van der Waals surface area contributed by atoms with E-state index < -0.39 is 11.7 Å². The van der Waals surface area contributed by atoms with E-state index in [0.29, 0.717) is 24.2 Å². The third-order valence-corrected chi connectivity index (χ3v) is 4.46. The minimum Gasteiger partial charge on any atom is -0.456 e. The highest BCUT2D eigenvalue weighted by atomic mass is 19.4. The summed E-state index contributed by atoms with van der Waals surface area (Å²) in [6, 6.07) is 10.7. The van der Waals surface area contributed by atoms with Gasteiger partial charge in [-0.1, -0.05) is 24.3 Å². The van der Waals surface area contributed by atoms with E-state index in [0.717, 1.165) is 28.8 Å². The fourth-order valence-corrected chi connectivity index (χ4v) is 3.32. The molecule has 1 aliphatic heterocycles. The van der Waals surface area contributed by atoms with Gasteiger partial charge in [0.25, 0.3) is 0 Å². The second-order valence-corrected chi connectivity index (χ2v) is 5.98. The molecule has 0 spiro atoms. The molecule has 122 valence electrons. The van der Waals surface area contributed by atoms with Gasteiger partial charge in [-0.3, -0.25) is 4.79 Å². The standard InChI is InChI=1S/C19H13F3O2/c20-19(21,22)11-5-7-15-16-10-12(23)6-8-13(16)14-3-1-2-4-17(14)24-18(15)9-11/h1-5,7,9H,6,8,10H2. The third-order valence-electron chi connectivity index (χ3n) is 4.46. The third kappa shape index (κ3) is 2.40. The summed E-state index contributed by atoms with van der Waals surface area (Å²) >= 11 is 0. The number of carbonyl (C=O) groups excluding carboxylic acids is 1. The first-order valence-corrected chi connectivity index (χ1v) is 7.66. The fourth-order valence-electron chi connectivity index (χ4n) is 3.32. The van der Waals surface area contributed by atoms with Gasteiger partial charge >= 0.3 is 6.18 Å². The molecule has 2 aromatic carbocycles. The summed E-state index contributed by atoms with van der Waals surface area (Å²) in [6.45, 7) is 0. The molecule has 0 saturated carbocycles. The average Bonchev–Trinajstić information content (AvgIpc) is 2.67. The van der Waals surface area contributed by atoms with Crippen LogP contribution in [0.4, 0.5) is 13.2 Å². The van der Waals surface area contributed by atoms with Crippen LogP contribution in [0.25, 0.3) is 11.1 Å². The SMILES string of the molecule is O=C1CCC2=C(C1)c1ccc(C(F)(F)F)cc1Oc1ccccc12. The number of fused-ring (bicyclic) bond motifs is 4. The number of hydrogen-bond donors (Lipinski definition) is 0. The molecule has 0 bridgehead atoms. The van der Waals surface area contributed by atoms with Crippen LogP contribution in [0.15, 0.2) is 42.5 Å². The summed E-state index contributed by atoms with van der Waals surface area (Å²) in [4.78, 5) is 11.9. The number of Topliss-reactive ketones (excluding diaryl/α,β-unsaturated/α-hetero) is 1. The Morgan fingerprint density at radius 2 is 1.62 bits per heavy atom. The van der Waals surface area contributed by atoms with Gasteiger partial charge in [-0.15, -0.1) is 0 Å². The Balaban J connectivity index is 1.97. The number of hydrogen-bond acceptors (Lipinski definition) is 2. The van der Waals surface area contributed by atoms with E-state index >= 15 is 0 Å². The molecule has 2 nitrogen and oxygen atoms in total. The number of halogens is 3. The maximum Gasteiger partial charge on any atom is 0.416 e. The number of ketones is 1. The molecule has 1 aliphatic carbocycles. The van der Waals surface area contributed by atoms with Crippen molar-refractivity contribution in [1.29, 1.82) is 0 Å². The van der Waals surface area contributed by atoms with Crippen molar-refractivity contribution in [3.8, 4) is 11.5 Å². The number of rotatable bonds is 0. The Labute approximate surface area is 136 Å². The summed E-state index contributed by atoms with van der Waals surface area (Å²) in [6.07, 6.45) is -3.19. The largest absolute Gasteiger partial charge is 0.456 e. The summed E-state index contributed by atoms with van der Waals surface area (Å²) in [5, 5.41) is 0. The topological polar surface area (TPSA) is 26.3 Å². The Kier molecular flexibility index (Phi) is 3.27. The molecule has 2 aromatic rings. The first-order valence-electron chi connectivity index (χ1n) is 7.66. The van der Waals surface area contributed by atoms with Gasteiger partial charge < -0.3 is 4.74 Å². The average molecular weight is 330 g/mol. The number of alkyl halides is 3. The smallest absolute Gasteiger partial charge is 0.416 e. The van der Waals surface area contributed by atoms with Gasteiger partial charge in [0.05, 0.1) is 5.56 Å². The van der Waals surface area contributed by atoms with E-state index in [1.165, 1.54) is 6.07 Å². The van der Waals surface area contributed by atoms with E-state index in [2.05, 4.69) is 0 Å². The molecule has 0 amide bonds. The molecule has 5 heteroatoms. The van der Waals surface area contributed by atoms with Crippen molar-refractivity contribution in [2.24, 2.45) is 0 Å². The Morgan fingerprint density at radius 1 is 0.875 bits per heavy atom. The first kappa shape index (κ1) is 15.0. The highest BCUT2D eigenvalue weighted by molar-refractivity contribution is 6.06. The van der Waals surface area contributed by atoms with E-state index in [1.54, 1.807) is 12.1 Å². The molecule has 0 aromatic heterocycles. The van der Waals surface area contributed by atoms with Crippen molar-refractivity contribution < 1.29 is 22.7 Å². The van der Waals surface area contributed by atoms with Crippen LogP contribution in [0.1, 0.15) is 36.0 Å². The Hall–Kier alpha value is -2.56. The number of allylic oxidation sites excluding steroid dienone is 2. The zero-order valence-electron chi connectivity index (χ0n) is 12.6. The van der Waals surface area contributed by atoms with Gasteiger partial charge in [0.2, 0.25) is 0 Å². The Morgan fingerprint density at radius 3 is 2.42 bits per heavy atom. The van der Waals surface area contributed by atoms with Gasteiger partial charge in [-0.05, 0) is 35.8 Å². The van der Waals surface area contributed by atoms with Crippen molar-refractivity contribution in [1.82, 2.24) is 0 Å². The summed E-state index contributed by atoms with van der Waals surface area (Å²) in [5.74, 6) is 0.772. The fraction of sp³-hybridized carbons (Fsp3) is 0.211. The van der Waals surface area contributed by atoms with E-state index in [1.807, 2.05) is 12.1 Å². The lowest BCUT2D eigenvalue weighted by Crippen LogP contribution is -2.09. The maximum atomic E-state index is 13.0. The molecule has 0 saturated heterocycles. The van der Waals surface area contributed by atoms with Crippen LogP contribution < -0.4 is 4.74 Å². The molecule has 0 fully saturated rings. The second kappa shape index (κ2) is 5.23. The molecule has 0 unspecified atom stereocenters. The summed E-state index contributed by atoms with van der Waals surface area (Å²) in [5.41, 5.74) is 2.43. The predicted octanol–water partition coefficient (Wildman–Crippen LogP) is 5.47. The van der Waals surface area contributed by atoms with Crippen LogP contribution in [0.3, 0.4) is 0 Å². The first-order chi connectivity index (χ1) is 11.4. The van der Waals surface area contributed by atoms with Gasteiger partial charge in [0, 0.05) is 24.0 Å². The van der Waals surface area contributed by atoms with Gasteiger partial charge in [0.1, 0.15) is 17.3 Å². The lowest BCUT2D eigenvalue weighted by Gasteiger charge is -2.19. The number of carbonyl (C=O) groups is 1. The summed E-state index contributed by atoms with van der Waals surface area (Å²) in [7, 11) is 0. The maximum absolute atomic E-state index is 13.0. The van der Waals surface area contributed by atoms with Crippen molar-refractivity contribution in [3.05, 3.63) is 59.2 Å². The molecule has 24 heavy (non-hydrogen) atoms. The van der Waals surface area contributed by atoms with Crippen LogP contribution in [0.5, 0.6) is 11.5 Å². The minimum absolute atomic E-state index is 0.0963. The van der Waals surface area contributed by atoms with Crippen molar-refractivity contribution in [2.45, 2.75) is 25.4 Å². The minimum atomic E-state index is -4.44. The van der Waals surface area contributed by atoms with Gasteiger partial charge in [-0.25, -0.2) is 0 Å². The zero-order chi connectivity index (χ0) is 16.9. The van der Waals surface area contributed by atoms with Gasteiger partial charge in [0.15, 0.2) is 0 Å². The van der Waals surface area contributed by atoms with Crippen LogP contribution in [-0.4, -0.2) is 5.78 Å². The van der Waals surface area contributed by atoms with Gasteiger partial charge in [-0.2, -0.15) is 13.2 Å².